The number of carboxylic acids is 2. The van der Waals surface area contributed by atoms with Gasteiger partial charge in [-0.1, -0.05) is 6.07 Å². The van der Waals surface area contributed by atoms with E-state index in [1.54, 1.807) is 0 Å². The van der Waals surface area contributed by atoms with Gasteiger partial charge in [-0.2, -0.15) is 31.4 Å². The standard InChI is InChI=1S/C16H22N4O.2C2HF3O2/c1-19-11-14(10-18-19)12-20-7-5-16(21-2)15(20)8-13-4-3-6-17-9-13;2*3-2(4,5)1(6)7/h3-4,6,9-11,15-16H,5,7-8,12H2,1-2H3;2*(H,6,7)/t15-,16-;;/m0../s1. The number of likely N-dealkylation sites (tertiary alicyclic amines) is 1. The Labute approximate surface area is 195 Å². The Bertz CT molecular complexity index is 912. The van der Waals surface area contributed by atoms with E-state index in [0.717, 1.165) is 25.9 Å². The number of halogens is 6. The van der Waals surface area contributed by atoms with E-state index in [1.165, 1.54) is 11.1 Å². The summed E-state index contributed by atoms with van der Waals surface area (Å²) >= 11 is 0. The molecule has 1 aliphatic rings. The number of aryl methyl sites for hydroxylation is 1. The maximum absolute atomic E-state index is 10.6. The van der Waals surface area contributed by atoms with Gasteiger partial charge in [0.1, 0.15) is 0 Å². The van der Waals surface area contributed by atoms with E-state index in [1.807, 2.05) is 43.5 Å². The summed E-state index contributed by atoms with van der Waals surface area (Å²) in [4.78, 5) is 24.5. The van der Waals surface area contributed by atoms with Crippen molar-refractivity contribution < 1.29 is 50.9 Å². The van der Waals surface area contributed by atoms with Gasteiger partial charge in [0.05, 0.1) is 12.3 Å². The minimum absolute atomic E-state index is 0.293. The van der Waals surface area contributed by atoms with Crippen LogP contribution in [-0.2, 0) is 34.3 Å². The van der Waals surface area contributed by atoms with Crippen molar-refractivity contribution in [3.63, 3.8) is 0 Å². The van der Waals surface area contributed by atoms with E-state index in [9.17, 15) is 26.3 Å². The lowest BCUT2D eigenvalue weighted by Crippen LogP contribution is -2.37. The molecule has 2 aromatic rings. The van der Waals surface area contributed by atoms with Gasteiger partial charge in [-0.05, 0) is 24.5 Å². The van der Waals surface area contributed by atoms with Crippen molar-refractivity contribution in [3.8, 4) is 0 Å². The molecule has 0 spiro atoms. The number of hydrogen-bond acceptors (Lipinski definition) is 6. The fourth-order valence-electron chi connectivity index (χ4n) is 3.17. The fourth-order valence-corrected chi connectivity index (χ4v) is 3.17. The molecule has 0 amide bonds. The van der Waals surface area contributed by atoms with Crippen LogP contribution in [0.15, 0.2) is 36.9 Å². The van der Waals surface area contributed by atoms with Crippen LogP contribution in [0.4, 0.5) is 26.3 Å². The highest BCUT2D eigenvalue weighted by Gasteiger charge is 2.39. The molecule has 9 nitrogen and oxygen atoms in total. The summed E-state index contributed by atoms with van der Waals surface area (Å²) in [6.45, 7) is 2.00. The van der Waals surface area contributed by atoms with Gasteiger partial charge in [0.2, 0.25) is 0 Å². The van der Waals surface area contributed by atoms with E-state index >= 15 is 0 Å². The van der Waals surface area contributed by atoms with Crippen LogP contribution in [0.3, 0.4) is 0 Å². The average Bonchev–Trinajstić information content (AvgIpc) is 3.34. The van der Waals surface area contributed by atoms with Crippen molar-refractivity contribution in [3.05, 3.63) is 48.0 Å². The maximum Gasteiger partial charge on any atom is 0.490 e. The lowest BCUT2D eigenvalue weighted by Gasteiger charge is -2.27. The van der Waals surface area contributed by atoms with Gasteiger partial charge in [0.25, 0.3) is 0 Å². The molecule has 0 saturated carbocycles. The highest BCUT2D eigenvalue weighted by molar-refractivity contribution is 5.73. The van der Waals surface area contributed by atoms with Crippen LogP contribution in [0.1, 0.15) is 17.5 Å². The molecule has 2 aromatic heterocycles. The third-order valence-electron chi connectivity index (χ3n) is 4.70. The van der Waals surface area contributed by atoms with Crippen LogP contribution in [0.25, 0.3) is 0 Å². The minimum atomic E-state index is -5.08. The predicted octanol–water partition coefficient (Wildman–Crippen LogP) is 2.91. The molecule has 0 aliphatic carbocycles. The third kappa shape index (κ3) is 10.7. The second-order valence-electron chi connectivity index (χ2n) is 7.29. The molecule has 2 N–H and O–H groups in total. The highest BCUT2D eigenvalue weighted by Crippen LogP contribution is 2.25. The van der Waals surface area contributed by atoms with Gasteiger partial charge < -0.3 is 14.9 Å². The van der Waals surface area contributed by atoms with Crippen molar-refractivity contribution in [1.82, 2.24) is 19.7 Å². The molecule has 1 fully saturated rings. The SMILES string of the molecule is CO[C@H]1CCN(Cc2cnn(C)c2)[C@H]1Cc1cccnc1.O=C(O)C(F)(F)F.O=C(O)C(F)(F)F. The maximum atomic E-state index is 10.6. The van der Waals surface area contributed by atoms with E-state index < -0.39 is 24.3 Å². The normalized spacial score (nSPS) is 18.2. The zero-order valence-corrected chi connectivity index (χ0v) is 18.6. The first kappa shape index (κ1) is 29.8. The first-order chi connectivity index (χ1) is 16.1. The van der Waals surface area contributed by atoms with Crippen LogP contribution >= 0.6 is 0 Å². The van der Waals surface area contributed by atoms with Crippen molar-refractivity contribution in [2.75, 3.05) is 13.7 Å². The van der Waals surface area contributed by atoms with Gasteiger partial charge in [-0.15, -0.1) is 0 Å². The first-order valence-electron chi connectivity index (χ1n) is 9.88. The zero-order chi connectivity index (χ0) is 26.8. The first-order valence-corrected chi connectivity index (χ1v) is 9.88. The summed E-state index contributed by atoms with van der Waals surface area (Å²) in [6, 6.07) is 4.54. The number of nitrogens with zero attached hydrogens (tertiary/aromatic N) is 4. The lowest BCUT2D eigenvalue weighted by molar-refractivity contribution is -0.193. The molecule has 2 atom stereocenters. The molecule has 0 bridgehead atoms. The second kappa shape index (κ2) is 13.0. The molecule has 0 unspecified atom stereocenters. The second-order valence-corrected chi connectivity index (χ2v) is 7.29. The number of pyridine rings is 1. The van der Waals surface area contributed by atoms with Gasteiger partial charge >= 0.3 is 24.3 Å². The van der Waals surface area contributed by atoms with Crippen LogP contribution in [-0.4, -0.2) is 80.0 Å². The van der Waals surface area contributed by atoms with E-state index in [2.05, 4.69) is 27.2 Å². The largest absolute Gasteiger partial charge is 0.490 e. The molecule has 1 saturated heterocycles. The molecular formula is C20H24F6N4O5. The molecule has 3 heterocycles. The van der Waals surface area contributed by atoms with Gasteiger partial charge in [0, 0.05) is 57.4 Å². The van der Waals surface area contributed by atoms with Crippen molar-refractivity contribution in [2.24, 2.45) is 7.05 Å². The van der Waals surface area contributed by atoms with Crippen molar-refractivity contribution >= 4 is 11.9 Å². The summed E-state index contributed by atoms with van der Waals surface area (Å²) < 4.78 is 71.0. The van der Waals surface area contributed by atoms with E-state index in [0.29, 0.717) is 12.1 Å². The number of hydrogen-bond donors (Lipinski definition) is 2. The Morgan fingerprint density at radius 1 is 1.09 bits per heavy atom. The number of aliphatic carboxylic acids is 2. The molecule has 1 aliphatic heterocycles. The molecule has 0 radical (unpaired) electrons. The monoisotopic (exact) mass is 514 g/mol. The summed E-state index contributed by atoms with van der Waals surface area (Å²) in [5.41, 5.74) is 2.52. The zero-order valence-electron chi connectivity index (χ0n) is 18.6. The number of aromatic nitrogens is 3. The molecule has 3 rings (SSSR count). The fraction of sp³-hybridized carbons (Fsp3) is 0.500. The molecular weight excluding hydrogens is 490 g/mol. The van der Waals surface area contributed by atoms with Crippen LogP contribution < -0.4 is 0 Å². The molecule has 0 aromatic carbocycles. The Hall–Kier alpha value is -3.20. The number of alkyl halides is 6. The Kier molecular flexibility index (Phi) is 11.1. The van der Waals surface area contributed by atoms with Gasteiger partial charge in [0.15, 0.2) is 0 Å². The smallest absolute Gasteiger partial charge is 0.475 e. The number of rotatable bonds is 5. The topological polar surface area (TPSA) is 118 Å². The predicted molar refractivity (Wildman–Crippen MR) is 108 cm³/mol. The Morgan fingerprint density at radius 2 is 1.66 bits per heavy atom. The molecule has 15 heteroatoms. The average molecular weight is 514 g/mol. The molecule has 196 valence electrons. The van der Waals surface area contributed by atoms with E-state index in [4.69, 9.17) is 24.5 Å². The van der Waals surface area contributed by atoms with Crippen LogP contribution in [0.5, 0.6) is 0 Å². The van der Waals surface area contributed by atoms with Crippen molar-refractivity contribution in [2.45, 2.75) is 43.9 Å². The number of carbonyl (C=O) groups is 2. The lowest BCUT2D eigenvalue weighted by atomic mass is 10.0. The van der Waals surface area contributed by atoms with Crippen LogP contribution in [0.2, 0.25) is 0 Å². The number of carboxylic acid groups (broad SMARTS) is 2. The molecule has 35 heavy (non-hydrogen) atoms. The van der Waals surface area contributed by atoms with E-state index in [-0.39, 0.29) is 0 Å². The highest BCUT2D eigenvalue weighted by atomic mass is 19.4. The number of ether oxygens (including phenoxy) is 1. The Balaban J connectivity index is 0.000000362. The van der Waals surface area contributed by atoms with Crippen LogP contribution in [0, 0.1) is 0 Å². The Morgan fingerprint density at radius 3 is 2.06 bits per heavy atom. The summed E-state index contributed by atoms with van der Waals surface area (Å²) in [5, 5.41) is 18.5. The van der Waals surface area contributed by atoms with Crippen molar-refractivity contribution in [1.29, 1.82) is 0 Å². The van der Waals surface area contributed by atoms with Gasteiger partial charge in [-0.25, -0.2) is 9.59 Å². The number of methoxy groups -OCH3 is 1. The summed E-state index contributed by atoms with van der Waals surface area (Å²) in [5.74, 6) is -5.51. The minimum Gasteiger partial charge on any atom is -0.475 e. The summed E-state index contributed by atoms with van der Waals surface area (Å²) in [6.07, 6.45) is -0.00870. The van der Waals surface area contributed by atoms with Gasteiger partial charge in [-0.3, -0.25) is 14.6 Å². The summed E-state index contributed by atoms with van der Waals surface area (Å²) in [7, 11) is 3.77. The quantitative estimate of drug-likeness (QED) is 0.585. The third-order valence-corrected chi connectivity index (χ3v) is 4.70.